The standard InChI is InChI=1S/C20H23ClN2O4S/c1-26-18-3-5-19(6-4-18)28(24,25)22-10-8-17(9-11-22)23-14-27-13-15-12-16(21)2-7-20(15)23/h2-7,12,17H,8-11,13-14H2,1H3. The largest absolute Gasteiger partial charge is 0.497 e. The number of ether oxygens (including phenoxy) is 2. The Labute approximate surface area is 170 Å². The number of anilines is 1. The summed E-state index contributed by atoms with van der Waals surface area (Å²) in [5.41, 5.74) is 2.21. The number of methoxy groups -OCH3 is 1. The average molecular weight is 423 g/mol. The molecule has 2 heterocycles. The molecule has 2 aromatic carbocycles. The van der Waals surface area contributed by atoms with Gasteiger partial charge in [-0.1, -0.05) is 11.6 Å². The second-order valence-electron chi connectivity index (χ2n) is 7.03. The third-order valence-corrected chi connectivity index (χ3v) is 7.55. The van der Waals surface area contributed by atoms with Crippen LogP contribution < -0.4 is 9.64 Å². The fourth-order valence-corrected chi connectivity index (χ4v) is 5.53. The second kappa shape index (κ2) is 7.91. The Morgan fingerprint density at radius 2 is 1.82 bits per heavy atom. The number of halogens is 1. The number of hydrogen-bond donors (Lipinski definition) is 0. The third-order valence-electron chi connectivity index (χ3n) is 5.40. The van der Waals surface area contributed by atoms with Gasteiger partial charge in [0.15, 0.2) is 0 Å². The molecule has 0 aliphatic carbocycles. The lowest BCUT2D eigenvalue weighted by atomic mass is 10.0. The van der Waals surface area contributed by atoms with Crippen LogP contribution in [0.15, 0.2) is 47.4 Å². The van der Waals surface area contributed by atoms with Crippen LogP contribution in [0.1, 0.15) is 18.4 Å². The van der Waals surface area contributed by atoms with Crippen LogP contribution in [0.25, 0.3) is 0 Å². The highest BCUT2D eigenvalue weighted by Crippen LogP contribution is 2.33. The second-order valence-corrected chi connectivity index (χ2v) is 9.41. The molecule has 8 heteroatoms. The van der Waals surface area contributed by atoms with Crippen LogP contribution in [-0.4, -0.2) is 45.7 Å². The molecule has 0 unspecified atom stereocenters. The zero-order chi connectivity index (χ0) is 19.7. The summed E-state index contributed by atoms with van der Waals surface area (Å²) < 4.78 is 38.3. The minimum atomic E-state index is -3.50. The molecule has 6 nitrogen and oxygen atoms in total. The van der Waals surface area contributed by atoms with E-state index in [-0.39, 0.29) is 6.04 Å². The zero-order valence-electron chi connectivity index (χ0n) is 15.7. The molecule has 2 aliphatic heterocycles. The fraction of sp³-hybridized carbons (Fsp3) is 0.400. The number of hydrogen-bond acceptors (Lipinski definition) is 5. The Morgan fingerprint density at radius 1 is 1.11 bits per heavy atom. The van der Waals surface area contributed by atoms with Crippen LogP contribution in [0.4, 0.5) is 5.69 Å². The molecule has 1 saturated heterocycles. The molecule has 0 spiro atoms. The summed E-state index contributed by atoms with van der Waals surface area (Å²) in [5.74, 6) is 0.640. The van der Waals surface area contributed by atoms with Gasteiger partial charge < -0.3 is 14.4 Å². The van der Waals surface area contributed by atoms with Gasteiger partial charge in [-0.3, -0.25) is 0 Å². The van der Waals surface area contributed by atoms with Crippen LogP contribution in [0.2, 0.25) is 5.02 Å². The van der Waals surface area contributed by atoms with Crippen molar-refractivity contribution in [3.05, 3.63) is 53.1 Å². The first-order valence-electron chi connectivity index (χ1n) is 9.26. The van der Waals surface area contributed by atoms with Gasteiger partial charge in [0.1, 0.15) is 12.5 Å². The van der Waals surface area contributed by atoms with E-state index in [1.807, 2.05) is 18.2 Å². The van der Waals surface area contributed by atoms with Gasteiger partial charge in [-0.15, -0.1) is 0 Å². The molecule has 0 aromatic heterocycles. The summed E-state index contributed by atoms with van der Waals surface area (Å²) in [5, 5.41) is 0.699. The van der Waals surface area contributed by atoms with E-state index in [4.69, 9.17) is 21.1 Å². The van der Waals surface area contributed by atoms with Crippen LogP contribution in [0.5, 0.6) is 5.75 Å². The molecule has 2 aliphatic rings. The van der Waals surface area contributed by atoms with Crippen LogP contribution >= 0.6 is 11.6 Å². The molecule has 0 bridgehead atoms. The molecule has 28 heavy (non-hydrogen) atoms. The molecule has 4 rings (SSSR count). The van der Waals surface area contributed by atoms with Crippen LogP contribution in [-0.2, 0) is 21.4 Å². The van der Waals surface area contributed by atoms with E-state index in [2.05, 4.69) is 4.90 Å². The van der Waals surface area contributed by atoms with Crippen molar-refractivity contribution in [2.75, 3.05) is 31.8 Å². The van der Waals surface area contributed by atoms with Crippen molar-refractivity contribution in [3.8, 4) is 5.75 Å². The van der Waals surface area contributed by atoms with Crippen molar-refractivity contribution >= 4 is 27.3 Å². The molecule has 0 atom stereocenters. The lowest BCUT2D eigenvalue weighted by Gasteiger charge is -2.41. The van der Waals surface area contributed by atoms with Crippen molar-refractivity contribution < 1.29 is 17.9 Å². The summed E-state index contributed by atoms with van der Waals surface area (Å²) in [4.78, 5) is 2.53. The molecular formula is C20H23ClN2O4S. The molecule has 0 saturated carbocycles. The number of sulfonamides is 1. The highest BCUT2D eigenvalue weighted by molar-refractivity contribution is 7.89. The zero-order valence-corrected chi connectivity index (χ0v) is 17.2. The van der Waals surface area contributed by atoms with E-state index < -0.39 is 10.0 Å². The van der Waals surface area contributed by atoms with Gasteiger partial charge in [0.05, 0.1) is 18.6 Å². The predicted molar refractivity (Wildman–Crippen MR) is 108 cm³/mol. The lowest BCUT2D eigenvalue weighted by Crippen LogP contribution is -2.48. The Bertz CT molecular complexity index is 941. The van der Waals surface area contributed by atoms with Crippen molar-refractivity contribution in [3.63, 3.8) is 0 Å². The van der Waals surface area contributed by atoms with Gasteiger partial charge >= 0.3 is 0 Å². The lowest BCUT2D eigenvalue weighted by molar-refractivity contribution is 0.0988. The first-order valence-corrected chi connectivity index (χ1v) is 11.1. The van der Waals surface area contributed by atoms with Gasteiger partial charge in [-0.2, -0.15) is 4.31 Å². The Morgan fingerprint density at radius 3 is 2.50 bits per heavy atom. The molecular weight excluding hydrogens is 400 g/mol. The van der Waals surface area contributed by atoms with E-state index in [1.54, 1.807) is 35.7 Å². The Balaban J connectivity index is 1.46. The van der Waals surface area contributed by atoms with Crippen molar-refractivity contribution in [1.29, 1.82) is 0 Å². The molecule has 1 fully saturated rings. The van der Waals surface area contributed by atoms with Crippen LogP contribution in [0, 0.1) is 0 Å². The third kappa shape index (κ3) is 3.72. The van der Waals surface area contributed by atoms with Crippen molar-refractivity contribution in [2.24, 2.45) is 0 Å². The average Bonchev–Trinajstić information content (AvgIpc) is 2.73. The SMILES string of the molecule is COc1ccc(S(=O)(=O)N2CCC(N3COCc4cc(Cl)ccc43)CC2)cc1. The quantitative estimate of drug-likeness (QED) is 0.754. The Hall–Kier alpha value is -1.80. The number of nitrogens with zero attached hydrogens (tertiary/aromatic N) is 2. The maximum Gasteiger partial charge on any atom is 0.243 e. The maximum atomic E-state index is 12.9. The molecule has 0 amide bonds. The van der Waals surface area contributed by atoms with Gasteiger partial charge in [0, 0.05) is 35.4 Å². The maximum absolute atomic E-state index is 12.9. The summed E-state index contributed by atoms with van der Waals surface area (Å²) in [6.45, 7) is 2.04. The van der Waals surface area contributed by atoms with Crippen molar-refractivity contribution in [1.82, 2.24) is 4.31 Å². The fourth-order valence-electron chi connectivity index (χ4n) is 3.87. The summed E-state index contributed by atoms with van der Waals surface area (Å²) in [6.07, 6.45) is 1.50. The van der Waals surface area contributed by atoms with Crippen molar-refractivity contribution in [2.45, 2.75) is 30.4 Å². The topological polar surface area (TPSA) is 59.1 Å². The van der Waals surface area contributed by atoms with E-state index >= 15 is 0 Å². The normalized spacial score (nSPS) is 18.7. The highest BCUT2D eigenvalue weighted by atomic mass is 35.5. The monoisotopic (exact) mass is 422 g/mol. The number of rotatable bonds is 4. The summed E-state index contributed by atoms with van der Waals surface area (Å²) >= 11 is 6.10. The van der Waals surface area contributed by atoms with Crippen LogP contribution in [0.3, 0.4) is 0 Å². The molecule has 0 N–H and O–H groups in total. The minimum Gasteiger partial charge on any atom is -0.497 e. The van der Waals surface area contributed by atoms with Gasteiger partial charge in [0.2, 0.25) is 10.0 Å². The smallest absolute Gasteiger partial charge is 0.243 e. The van der Waals surface area contributed by atoms with E-state index in [0.717, 1.165) is 24.1 Å². The molecule has 150 valence electrons. The molecule has 0 radical (unpaired) electrons. The predicted octanol–water partition coefficient (Wildman–Crippen LogP) is 3.50. The van der Waals surface area contributed by atoms with E-state index in [9.17, 15) is 8.42 Å². The number of benzene rings is 2. The van der Waals surface area contributed by atoms with Gasteiger partial charge in [-0.25, -0.2) is 8.42 Å². The molecule has 2 aromatic rings. The summed E-state index contributed by atoms with van der Waals surface area (Å²) in [7, 11) is -1.94. The number of piperidine rings is 1. The van der Waals surface area contributed by atoms with E-state index in [1.165, 1.54) is 0 Å². The highest BCUT2D eigenvalue weighted by Gasteiger charge is 2.33. The first kappa shape index (κ1) is 19.5. The van der Waals surface area contributed by atoms with E-state index in [0.29, 0.717) is 42.1 Å². The minimum absolute atomic E-state index is 0.238. The van der Waals surface area contributed by atoms with Gasteiger partial charge in [-0.05, 0) is 55.3 Å². The Kier molecular flexibility index (Phi) is 5.51. The first-order chi connectivity index (χ1) is 13.5. The number of fused-ring (bicyclic) bond motifs is 1. The van der Waals surface area contributed by atoms with Gasteiger partial charge in [0.25, 0.3) is 0 Å². The summed E-state index contributed by atoms with van der Waals surface area (Å²) in [6, 6.07) is 12.6.